The van der Waals surface area contributed by atoms with Crippen LogP contribution in [0.4, 0.5) is 26.3 Å². The number of nitrogens with one attached hydrogen (secondary N) is 1. The number of nitrogens with two attached hydrogens (primary N) is 1. The van der Waals surface area contributed by atoms with Gasteiger partial charge in [-0.05, 0) is 6.07 Å². The van der Waals surface area contributed by atoms with E-state index in [-0.39, 0.29) is 5.91 Å². The smallest absolute Gasteiger partial charge is 0.475 e. The number of halogens is 6. The zero-order chi connectivity index (χ0) is 20.7. The van der Waals surface area contributed by atoms with Crippen molar-refractivity contribution < 1.29 is 50.9 Å². The standard InChI is InChI=1S/C8H11N3O.2C2HF3O2/c9-8(12)6-1-3-11-4-2-10-5-7(6)11;2*3-2(4,5)1(6)7/h1,3,10H,2,4-5H2,(H2,9,12);2*(H,6,7). The molecule has 1 aromatic heterocycles. The number of aromatic nitrogens is 1. The van der Waals surface area contributed by atoms with Crippen molar-refractivity contribution in [3.05, 3.63) is 23.5 Å². The highest BCUT2D eigenvalue weighted by atomic mass is 19.4. The number of hydrogen-bond acceptors (Lipinski definition) is 4. The van der Waals surface area contributed by atoms with Gasteiger partial charge in [0.05, 0.1) is 5.56 Å². The molecule has 0 saturated carbocycles. The highest BCUT2D eigenvalue weighted by molar-refractivity contribution is 5.94. The number of aliphatic carboxylic acids is 2. The largest absolute Gasteiger partial charge is 0.490 e. The zero-order valence-corrected chi connectivity index (χ0v) is 12.7. The second-order valence-electron chi connectivity index (χ2n) is 4.52. The average molecular weight is 393 g/mol. The van der Waals surface area contributed by atoms with Crippen LogP contribution in [-0.2, 0) is 22.7 Å². The average Bonchev–Trinajstić information content (AvgIpc) is 2.90. The molecule has 26 heavy (non-hydrogen) atoms. The molecule has 2 rings (SSSR count). The van der Waals surface area contributed by atoms with Gasteiger partial charge < -0.3 is 25.8 Å². The minimum atomic E-state index is -5.08. The Bertz CT molecular complexity index is 629. The molecule has 0 saturated heterocycles. The monoisotopic (exact) mass is 393 g/mol. The number of alkyl halides is 6. The summed E-state index contributed by atoms with van der Waals surface area (Å²) in [6, 6.07) is 1.78. The van der Waals surface area contributed by atoms with Crippen molar-refractivity contribution in [3.63, 3.8) is 0 Å². The minimum Gasteiger partial charge on any atom is -0.475 e. The molecule has 148 valence electrons. The predicted octanol–water partition coefficient (Wildman–Crippen LogP) is 0.957. The lowest BCUT2D eigenvalue weighted by Gasteiger charge is -2.16. The van der Waals surface area contributed by atoms with Gasteiger partial charge >= 0.3 is 24.3 Å². The Balaban J connectivity index is 0.000000390. The quantitative estimate of drug-likeness (QED) is 0.525. The molecule has 1 aliphatic rings. The fourth-order valence-corrected chi connectivity index (χ4v) is 1.54. The molecule has 0 spiro atoms. The van der Waals surface area contributed by atoms with Gasteiger partial charge in [-0.25, -0.2) is 9.59 Å². The Morgan fingerprint density at radius 1 is 1.04 bits per heavy atom. The molecule has 1 aromatic rings. The summed E-state index contributed by atoms with van der Waals surface area (Å²) in [6.07, 6.45) is -8.25. The number of carbonyl (C=O) groups excluding carboxylic acids is 1. The summed E-state index contributed by atoms with van der Waals surface area (Å²) in [5, 5.41) is 17.4. The van der Waals surface area contributed by atoms with Gasteiger partial charge in [0.1, 0.15) is 0 Å². The van der Waals surface area contributed by atoms with Crippen LogP contribution in [0.25, 0.3) is 0 Å². The molecule has 0 atom stereocenters. The van der Waals surface area contributed by atoms with Crippen molar-refractivity contribution in [2.75, 3.05) is 6.54 Å². The third kappa shape index (κ3) is 7.87. The summed E-state index contributed by atoms with van der Waals surface area (Å²) in [6.45, 7) is 2.62. The SMILES string of the molecule is NC(=O)c1ccn2c1CNCC2.O=C(O)C(F)(F)F.O=C(O)C(F)(F)F. The first kappa shape index (κ1) is 23.2. The minimum absolute atomic E-state index is 0.340. The first-order chi connectivity index (χ1) is 11.7. The van der Waals surface area contributed by atoms with Gasteiger partial charge in [0.2, 0.25) is 0 Å². The molecule has 0 fully saturated rings. The van der Waals surface area contributed by atoms with E-state index < -0.39 is 24.3 Å². The van der Waals surface area contributed by atoms with E-state index in [0.717, 1.165) is 25.3 Å². The second-order valence-corrected chi connectivity index (χ2v) is 4.52. The number of hydrogen-bond donors (Lipinski definition) is 4. The lowest BCUT2D eigenvalue weighted by atomic mass is 10.2. The highest BCUT2D eigenvalue weighted by Gasteiger charge is 2.38. The third-order valence-electron chi connectivity index (χ3n) is 2.65. The normalized spacial score (nSPS) is 13.3. The Hall–Kier alpha value is -2.77. The van der Waals surface area contributed by atoms with E-state index in [9.17, 15) is 31.1 Å². The van der Waals surface area contributed by atoms with Crippen LogP contribution in [0, 0.1) is 0 Å². The van der Waals surface area contributed by atoms with Crippen molar-refractivity contribution in [1.82, 2.24) is 9.88 Å². The van der Waals surface area contributed by atoms with Crippen LogP contribution in [0.2, 0.25) is 0 Å². The summed E-state index contributed by atoms with van der Waals surface area (Å²) in [7, 11) is 0. The van der Waals surface area contributed by atoms with Gasteiger partial charge in [0.15, 0.2) is 0 Å². The Morgan fingerprint density at radius 2 is 1.46 bits per heavy atom. The summed E-state index contributed by atoms with van der Waals surface area (Å²) >= 11 is 0. The summed E-state index contributed by atoms with van der Waals surface area (Å²) in [5.74, 6) is -5.85. The molecule has 1 aliphatic heterocycles. The summed E-state index contributed by atoms with van der Waals surface area (Å²) in [5.41, 5.74) is 6.85. The Morgan fingerprint density at radius 3 is 1.81 bits per heavy atom. The summed E-state index contributed by atoms with van der Waals surface area (Å²) in [4.78, 5) is 28.7. The molecule has 8 nitrogen and oxygen atoms in total. The van der Waals surface area contributed by atoms with E-state index in [4.69, 9.17) is 25.5 Å². The van der Waals surface area contributed by atoms with Gasteiger partial charge in [0.25, 0.3) is 5.91 Å². The van der Waals surface area contributed by atoms with E-state index in [2.05, 4.69) is 9.88 Å². The van der Waals surface area contributed by atoms with Crippen LogP contribution < -0.4 is 11.1 Å². The van der Waals surface area contributed by atoms with Gasteiger partial charge in [0, 0.05) is 31.5 Å². The Labute approximate surface area is 141 Å². The predicted molar refractivity (Wildman–Crippen MR) is 72.0 cm³/mol. The lowest BCUT2D eigenvalue weighted by Crippen LogP contribution is -2.29. The van der Waals surface area contributed by atoms with E-state index in [1.807, 2.05) is 6.20 Å². The topological polar surface area (TPSA) is 135 Å². The van der Waals surface area contributed by atoms with Crippen LogP contribution in [0.15, 0.2) is 12.3 Å². The molecule has 5 N–H and O–H groups in total. The van der Waals surface area contributed by atoms with Crippen LogP contribution in [-0.4, -0.2) is 51.5 Å². The van der Waals surface area contributed by atoms with Crippen molar-refractivity contribution >= 4 is 17.8 Å². The molecular formula is C12H13F6N3O5. The van der Waals surface area contributed by atoms with Crippen LogP contribution in [0.1, 0.15) is 16.1 Å². The molecule has 2 heterocycles. The molecule has 0 aliphatic carbocycles. The number of fused-ring (bicyclic) bond motifs is 1. The summed E-state index contributed by atoms with van der Waals surface area (Å²) < 4.78 is 65.5. The van der Waals surface area contributed by atoms with E-state index in [1.54, 1.807) is 6.07 Å². The number of carboxylic acids is 2. The van der Waals surface area contributed by atoms with Gasteiger partial charge in [-0.2, -0.15) is 26.3 Å². The number of nitrogens with zero attached hydrogens (tertiary/aromatic N) is 1. The van der Waals surface area contributed by atoms with Crippen LogP contribution in [0.3, 0.4) is 0 Å². The fourth-order valence-electron chi connectivity index (χ4n) is 1.54. The highest BCUT2D eigenvalue weighted by Crippen LogP contribution is 2.14. The number of carbonyl (C=O) groups is 3. The second kappa shape index (κ2) is 9.07. The van der Waals surface area contributed by atoms with Crippen molar-refractivity contribution in [3.8, 4) is 0 Å². The molecule has 0 aromatic carbocycles. The van der Waals surface area contributed by atoms with E-state index in [1.165, 1.54) is 0 Å². The third-order valence-corrected chi connectivity index (χ3v) is 2.65. The first-order valence-electron chi connectivity index (χ1n) is 6.46. The van der Waals surface area contributed by atoms with Crippen molar-refractivity contribution in [2.45, 2.75) is 25.4 Å². The molecule has 0 bridgehead atoms. The van der Waals surface area contributed by atoms with Crippen LogP contribution in [0.5, 0.6) is 0 Å². The molecule has 0 radical (unpaired) electrons. The number of carboxylic acid groups (broad SMARTS) is 2. The first-order valence-corrected chi connectivity index (χ1v) is 6.46. The number of primary amides is 1. The van der Waals surface area contributed by atoms with Gasteiger partial charge in [-0.15, -0.1) is 0 Å². The maximum atomic E-state index is 10.9. The van der Waals surface area contributed by atoms with Gasteiger partial charge in [-0.3, -0.25) is 4.79 Å². The van der Waals surface area contributed by atoms with E-state index in [0.29, 0.717) is 5.56 Å². The Kier molecular flexibility index (Phi) is 8.11. The fraction of sp³-hybridized carbons (Fsp3) is 0.417. The maximum Gasteiger partial charge on any atom is 0.490 e. The number of amides is 1. The molecular weight excluding hydrogens is 380 g/mol. The maximum absolute atomic E-state index is 10.9. The van der Waals surface area contributed by atoms with Crippen molar-refractivity contribution in [2.24, 2.45) is 5.73 Å². The molecule has 14 heteroatoms. The van der Waals surface area contributed by atoms with Crippen molar-refractivity contribution in [1.29, 1.82) is 0 Å². The van der Waals surface area contributed by atoms with Crippen LogP contribution >= 0.6 is 0 Å². The van der Waals surface area contributed by atoms with E-state index >= 15 is 0 Å². The molecule has 1 amide bonds. The van der Waals surface area contributed by atoms with Gasteiger partial charge in [-0.1, -0.05) is 0 Å². The zero-order valence-electron chi connectivity index (χ0n) is 12.7. The molecule has 0 unspecified atom stereocenters. The number of rotatable bonds is 1. The lowest BCUT2D eigenvalue weighted by molar-refractivity contribution is -0.193.